The molecule has 2 aliphatic heterocycles. The van der Waals surface area contributed by atoms with E-state index >= 15 is 0 Å². The Morgan fingerprint density at radius 3 is 2.11 bits per heavy atom. The Morgan fingerprint density at radius 1 is 0.893 bits per heavy atom. The first-order valence-corrected chi connectivity index (χ1v) is 9.82. The number of aromatic nitrogens is 4. The number of rotatable bonds is 3. The molecule has 0 aromatic carbocycles. The average molecular weight is 384 g/mol. The van der Waals surface area contributed by atoms with E-state index in [1.807, 2.05) is 6.92 Å². The summed E-state index contributed by atoms with van der Waals surface area (Å²) in [5.74, 6) is 1.37. The molecule has 0 amide bonds. The van der Waals surface area contributed by atoms with Crippen molar-refractivity contribution in [1.29, 1.82) is 0 Å². The van der Waals surface area contributed by atoms with Gasteiger partial charge >= 0.3 is 0 Å². The number of H-pyrrole nitrogens is 1. The van der Waals surface area contributed by atoms with E-state index in [1.54, 1.807) is 6.20 Å². The molecule has 4 heterocycles. The van der Waals surface area contributed by atoms with Crippen molar-refractivity contribution >= 4 is 11.9 Å². The predicted octanol–water partition coefficient (Wildman–Crippen LogP) is 0.0389. The first-order valence-electron chi connectivity index (χ1n) is 9.82. The van der Waals surface area contributed by atoms with Crippen LogP contribution in [0.3, 0.4) is 0 Å². The highest BCUT2D eigenvalue weighted by Gasteiger charge is 2.20. The lowest BCUT2D eigenvalue weighted by Crippen LogP contribution is -2.45. The Balaban J connectivity index is 1.59. The normalized spacial score (nSPS) is 19.2. The summed E-state index contributed by atoms with van der Waals surface area (Å²) in [4.78, 5) is 38.0. The van der Waals surface area contributed by atoms with E-state index in [0.29, 0.717) is 11.6 Å². The molecule has 0 spiro atoms. The minimum Gasteiger partial charge on any atom is -0.340 e. The van der Waals surface area contributed by atoms with Crippen molar-refractivity contribution in [1.82, 2.24) is 29.7 Å². The topological polar surface area (TPSA) is 84.5 Å². The Morgan fingerprint density at radius 2 is 1.50 bits per heavy atom. The maximum absolute atomic E-state index is 12.3. The molecule has 2 aromatic rings. The van der Waals surface area contributed by atoms with Crippen LogP contribution in [0.1, 0.15) is 5.69 Å². The number of aromatic amines is 1. The molecular weight excluding hydrogens is 356 g/mol. The molecule has 1 N–H and O–H groups in total. The first-order chi connectivity index (χ1) is 13.5. The Labute approximate surface area is 165 Å². The highest BCUT2D eigenvalue weighted by atomic mass is 16.1. The van der Waals surface area contributed by atoms with Gasteiger partial charge in [-0.25, -0.2) is 15.0 Å². The van der Waals surface area contributed by atoms with Crippen molar-refractivity contribution in [3.05, 3.63) is 28.3 Å². The lowest BCUT2D eigenvalue weighted by atomic mass is 10.1. The average Bonchev–Trinajstić information content (AvgIpc) is 2.68. The second-order valence-corrected chi connectivity index (χ2v) is 7.70. The van der Waals surface area contributed by atoms with Crippen LogP contribution >= 0.6 is 0 Å². The van der Waals surface area contributed by atoms with Gasteiger partial charge in [0.2, 0.25) is 11.9 Å². The van der Waals surface area contributed by atoms with Crippen molar-refractivity contribution in [2.75, 3.05) is 76.3 Å². The highest BCUT2D eigenvalue weighted by Crippen LogP contribution is 2.22. The van der Waals surface area contributed by atoms with Crippen molar-refractivity contribution < 1.29 is 0 Å². The van der Waals surface area contributed by atoms with Crippen LogP contribution in [0.2, 0.25) is 0 Å². The number of anilines is 2. The molecule has 0 atom stereocenters. The van der Waals surface area contributed by atoms with Crippen LogP contribution in [-0.2, 0) is 0 Å². The van der Waals surface area contributed by atoms with E-state index in [4.69, 9.17) is 9.97 Å². The quantitative estimate of drug-likeness (QED) is 0.794. The standard InChI is InChI=1S/C19H28N8O/c1-14-15(13-20-18(21-14)26-8-4-24(2)5-9-26)16-12-17(28)23-19(22-16)27-10-6-25(3)7-11-27/h12-13H,4-11H2,1-3H3,(H,22,23,28). The van der Waals surface area contributed by atoms with Gasteiger partial charge in [0.05, 0.1) is 11.4 Å². The number of nitrogens with one attached hydrogen (secondary N) is 1. The van der Waals surface area contributed by atoms with Crippen molar-refractivity contribution in [2.45, 2.75) is 6.92 Å². The van der Waals surface area contributed by atoms with Crippen LogP contribution in [-0.4, -0.2) is 96.2 Å². The number of nitrogens with zero attached hydrogens (tertiary/aromatic N) is 7. The fourth-order valence-electron chi connectivity index (χ4n) is 3.62. The van der Waals surface area contributed by atoms with E-state index in [2.05, 4.69) is 43.7 Å². The van der Waals surface area contributed by atoms with Crippen molar-refractivity contribution in [3.8, 4) is 11.3 Å². The van der Waals surface area contributed by atoms with Crippen molar-refractivity contribution in [2.24, 2.45) is 0 Å². The highest BCUT2D eigenvalue weighted by molar-refractivity contribution is 5.62. The zero-order chi connectivity index (χ0) is 19.7. The Kier molecular flexibility index (Phi) is 5.27. The molecule has 9 heteroatoms. The lowest BCUT2D eigenvalue weighted by Gasteiger charge is -2.33. The van der Waals surface area contributed by atoms with Gasteiger partial charge in [-0.15, -0.1) is 0 Å². The van der Waals surface area contributed by atoms with E-state index in [-0.39, 0.29) is 5.56 Å². The molecule has 4 rings (SSSR count). The van der Waals surface area contributed by atoms with E-state index in [0.717, 1.165) is 69.6 Å². The summed E-state index contributed by atoms with van der Waals surface area (Å²) >= 11 is 0. The van der Waals surface area contributed by atoms with Crippen LogP contribution in [0.4, 0.5) is 11.9 Å². The van der Waals surface area contributed by atoms with Gasteiger partial charge in [0.1, 0.15) is 0 Å². The Hall–Kier alpha value is -2.52. The smallest absolute Gasteiger partial charge is 0.252 e. The maximum Gasteiger partial charge on any atom is 0.252 e. The van der Waals surface area contributed by atoms with Gasteiger partial charge in [-0.3, -0.25) is 9.78 Å². The summed E-state index contributed by atoms with van der Waals surface area (Å²) in [6, 6.07) is 1.53. The predicted molar refractivity (Wildman–Crippen MR) is 110 cm³/mol. The minimum atomic E-state index is -0.151. The molecule has 2 aromatic heterocycles. The van der Waals surface area contributed by atoms with E-state index in [9.17, 15) is 4.79 Å². The number of aryl methyl sites for hydroxylation is 1. The van der Waals surface area contributed by atoms with Crippen LogP contribution in [0.15, 0.2) is 17.1 Å². The number of piperazine rings is 2. The van der Waals surface area contributed by atoms with Gasteiger partial charge in [0, 0.05) is 70.2 Å². The molecule has 2 saturated heterocycles. The number of hydrogen-bond donors (Lipinski definition) is 1. The third-order valence-corrected chi connectivity index (χ3v) is 5.56. The summed E-state index contributed by atoms with van der Waals surface area (Å²) in [6.45, 7) is 9.42. The molecule has 0 saturated carbocycles. The van der Waals surface area contributed by atoms with Crippen LogP contribution in [0.25, 0.3) is 11.3 Å². The van der Waals surface area contributed by atoms with Gasteiger partial charge in [0.15, 0.2) is 0 Å². The number of likely N-dealkylation sites (N-methyl/N-ethyl adjacent to an activating group) is 2. The lowest BCUT2D eigenvalue weighted by molar-refractivity contribution is 0.311. The first kappa shape index (κ1) is 18.8. The zero-order valence-corrected chi connectivity index (χ0v) is 16.9. The van der Waals surface area contributed by atoms with Crippen LogP contribution in [0.5, 0.6) is 0 Å². The summed E-state index contributed by atoms with van der Waals surface area (Å²) in [7, 11) is 4.23. The summed E-state index contributed by atoms with van der Waals surface area (Å²) in [5, 5.41) is 0. The van der Waals surface area contributed by atoms with Gasteiger partial charge in [0.25, 0.3) is 5.56 Å². The van der Waals surface area contributed by atoms with Gasteiger partial charge in [-0.05, 0) is 21.0 Å². The molecule has 150 valence electrons. The molecule has 0 bridgehead atoms. The zero-order valence-electron chi connectivity index (χ0n) is 16.9. The van der Waals surface area contributed by atoms with Crippen molar-refractivity contribution in [3.63, 3.8) is 0 Å². The van der Waals surface area contributed by atoms with Gasteiger partial charge < -0.3 is 19.6 Å². The van der Waals surface area contributed by atoms with Gasteiger partial charge in [-0.1, -0.05) is 0 Å². The molecule has 0 unspecified atom stereocenters. The minimum absolute atomic E-state index is 0.151. The maximum atomic E-state index is 12.3. The van der Waals surface area contributed by atoms with Crippen LogP contribution in [0, 0.1) is 6.92 Å². The molecular formula is C19H28N8O. The van der Waals surface area contributed by atoms with Crippen LogP contribution < -0.4 is 15.4 Å². The second kappa shape index (κ2) is 7.84. The summed E-state index contributed by atoms with van der Waals surface area (Å²) in [6.07, 6.45) is 1.80. The fraction of sp³-hybridized carbons (Fsp3) is 0.579. The Bertz CT molecular complexity index is 882. The number of hydrogen-bond acceptors (Lipinski definition) is 8. The summed E-state index contributed by atoms with van der Waals surface area (Å²) < 4.78 is 0. The SMILES string of the molecule is Cc1nc(N2CCN(C)CC2)ncc1-c1cc(=O)[nH]c(N2CCN(C)CC2)n1. The largest absolute Gasteiger partial charge is 0.340 e. The molecule has 9 nitrogen and oxygen atoms in total. The molecule has 28 heavy (non-hydrogen) atoms. The molecule has 2 aliphatic rings. The molecule has 2 fully saturated rings. The third-order valence-electron chi connectivity index (χ3n) is 5.56. The third kappa shape index (κ3) is 4.00. The molecule has 0 radical (unpaired) electrons. The monoisotopic (exact) mass is 384 g/mol. The van der Waals surface area contributed by atoms with E-state index in [1.165, 1.54) is 6.07 Å². The second-order valence-electron chi connectivity index (χ2n) is 7.70. The fourth-order valence-corrected chi connectivity index (χ4v) is 3.62. The summed E-state index contributed by atoms with van der Waals surface area (Å²) in [5.41, 5.74) is 2.12. The molecule has 0 aliphatic carbocycles. The van der Waals surface area contributed by atoms with E-state index < -0.39 is 0 Å². The van der Waals surface area contributed by atoms with Gasteiger partial charge in [-0.2, -0.15) is 0 Å².